The predicted octanol–water partition coefficient (Wildman–Crippen LogP) is 3.19. The van der Waals surface area contributed by atoms with Gasteiger partial charge in [-0.25, -0.2) is 9.69 Å². The second-order valence-electron chi connectivity index (χ2n) is 9.20. The van der Waals surface area contributed by atoms with Crippen LogP contribution in [-0.2, 0) is 4.79 Å². The highest BCUT2D eigenvalue weighted by Crippen LogP contribution is 2.32. The SMILES string of the molecule is CCCCCCNc1ccc(N2C(=O)c3ccc(C(=O)O)cc3C2=O)cc1C(=O)NC(=O)C1CCCN1. The fourth-order valence-electron chi connectivity index (χ4n) is 4.57. The molecule has 4 amide bonds. The molecular weight excluding hydrogens is 476 g/mol. The van der Waals surface area contributed by atoms with Crippen LogP contribution >= 0.6 is 0 Å². The molecule has 2 heterocycles. The van der Waals surface area contributed by atoms with E-state index in [0.29, 0.717) is 25.2 Å². The number of carboxylic acids is 1. The number of imide groups is 2. The highest BCUT2D eigenvalue weighted by molar-refractivity contribution is 6.35. The lowest BCUT2D eigenvalue weighted by molar-refractivity contribution is -0.121. The number of carbonyl (C=O) groups is 5. The van der Waals surface area contributed by atoms with E-state index in [-0.39, 0.29) is 27.9 Å². The fraction of sp³-hybridized carbons (Fsp3) is 0.370. The molecule has 1 fully saturated rings. The van der Waals surface area contributed by atoms with Crippen LogP contribution < -0.4 is 20.9 Å². The summed E-state index contributed by atoms with van der Waals surface area (Å²) in [5.74, 6) is -3.57. The van der Waals surface area contributed by atoms with E-state index in [1.807, 2.05) is 0 Å². The molecule has 0 spiro atoms. The molecule has 0 aliphatic carbocycles. The summed E-state index contributed by atoms with van der Waals surface area (Å²) in [5, 5.41) is 18.0. The molecular formula is C27H30N4O6. The van der Waals surface area contributed by atoms with Gasteiger partial charge >= 0.3 is 5.97 Å². The zero-order chi connectivity index (χ0) is 26.5. The summed E-state index contributed by atoms with van der Waals surface area (Å²) in [7, 11) is 0. The minimum atomic E-state index is -1.21. The van der Waals surface area contributed by atoms with Crippen LogP contribution in [0.4, 0.5) is 11.4 Å². The Labute approximate surface area is 214 Å². The minimum Gasteiger partial charge on any atom is -0.478 e. The molecule has 0 saturated carbocycles. The summed E-state index contributed by atoms with van der Waals surface area (Å²) >= 11 is 0. The smallest absolute Gasteiger partial charge is 0.335 e. The van der Waals surface area contributed by atoms with Crippen molar-refractivity contribution in [1.29, 1.82) is 0 Å². The molecule has 4 rings (SSSR count). The maximum absolute atomic E-state index is 13.2. The number of hydrogen-bond donors (Lipinski definition) is 4. The van der Waals surface area contributed by atoms with E-state index < -0.39 is 35.6 Å². The molecule has 194 valence electrons. The van der Waals surface area contributed by atoms with E-state index in [1.54, 1.807) is 12.1 Å². The number of fused-ring (bicyclic) bond motifs is 1. The van der Waals surface area contributed by atoms with E-state index >= 15 is 0 Å². The minimum absolute atomic E-state index is 0.0171. The van der Waals surface area contributed by atoms with E-state index in [1.165, 1.54) is 24.3 Å². The molecule has 1 saturated heterocycles. The van der Waals surface area contributed by atoms with Crippen molar-refractivity contribution in [3.05, 3.63) is 58.7 Å². The first kappa shape index (κ1) is 26.0. The van der Waals surface area contributed by atoms with Crippen LogP contribution in [0.2, 0.25) is 0 Å². The zero-order valence-electron chi connectivity index (χ0n) is 20.6. The number of anilines is 2. The van der Waals surface area contributed by atoms with Gasteiger partial charge in [-0.3, -0.25) is 24.5 Å². The molecule has 0 radical (unpaired) electrons. The first-order valence-electron chi connectivity index (χ1n) is 12.5. The van der Waals surface area contributed by atoms with Crippen molar-refractivity contribution in [2.75, 3.05) is 23.3 Å². The van der Waals surface area contributed by atoms with Gasteiger partial charge in [-0.1, -0.05) is 26.2 Å². The van der Waals surface area contributed by atoms with Crippen molar-refractivity contribution in [3.63, 3.8) is 0 Å². The summed E-state index contributed by atoms with van der Waals surface area (Å²) in [6, 6.07) is 7.86. The lowest BCUT2D eigenvalue weighted by Crippen LogP contribution is -2.43. The second-order valence-corrected chi connectivity index (χ2v) is 9.20. The van der Waals surface area contributed by atoms with Crippen LogP contribution in [0.15, 0.2) is 36.4 Å². The van der Waals surface area contributed by atoms with Crippen molar-refractivity contribution in [1.82, 2.24) is 10.6 Å². The molecule has 4 N–H and O–H groups in total. The number of nitrogens with one attached hydrogen (secondary N) is 3. The zero-order valence-corrected chi connectivity index (χ0v) is 20.6. The number of unbranched alkanes of at least 4 members (excludes halogenated alkanes) is 3. The Bertz CT molecular complexity index is 1250. The topological polar surface area (TPSA) is 145 Å². The highest BCUT2D eigenvalue weighted by Gasteiger charge is 2.38. The van der Waals surface area contributed by atoms with E-state index in [0.717, 1.165) is 37.0 Å². The number of amides is 4. The summed E-state index contributed by atoms with van der Waals surface area (Å²) in [4.78, 5) is 64.2. The van der Waals surface area contributed by atoms with Gasteiger partial charge in [0.05, 0.1) is 34.0 Å². The highest BCUT2D eigenvalue weighted by atomic mass is 16.4. The lowest BCUT2D eigenvalue weighted by Gasteiger charge is -2.18. The van der Waals surface area contributed by atoms with Crippen LogP contribution in [0.1, 0.15) is 86.9 Å². The molecule has 1 atom stereocenters. The second kappa shape index (κ2) is 11.3. The van der Waals surface area contributed by atoms with Crippen molar-refractivity contribution < 1.29 is 29.1 Å². The Morgan fingerprint density at radius 1 is 1.03 bits per heavy atom. The van der Waals surface area contributed by atoms with Crippen molar-refractivity contribution in [2.24, 2.45) is 0 Å². The van der Waals surface area contributed by atoms with Gasteiger partial charge in [0.1, 0.15) is 0 Å². The number of carboxylic acid groups (broad SMARTS) is 1. The Balaban J connectivity index is 1.62. The number of aromatic carboxylic acids is 1. The molecule has 2 aliphatic rings. The number of hydrogen-bond acceptors (Lipinski definition) is 7. The summed E-state index contributed by atoms with van der Waals surface area (Å²) in [6.07, 6.45) is 5.59. The third-order valence-electron chi connectivity index (χ3n) is 6.60. The number of carbonyl (C=O) groups excluding carboxylic acids is 4. The molecule has 0 aromatic heterocycles. The van der Waals surface area contributed by atoms with Gasteiger partial charge in [0, 0.05) is 12.2 Å². The van der Waals surface area contributed by atoms with Crippen LogP contribution in [-0.4, -0.2) is 53.8 Å². The van der Waals surface area contributed by atoms with Crippen LogP contribution in [0, 0.1) is 0 Å². The van der Waals surface area contributed by atoms with Crippen molar-refractivity contribution in [2.45, 2.75) is 51.5 Å². The summed E-state index contributed by atoms with van der Waals surface area (Å²) < 4.78 is 0. The number of benzene rings is 2. The Morgan fingerprint density at radius 2 is 1.81 bits per heavy atom. The average molecular weight is 507 g/mol. The lowest BCUT2D eigenvalue weighted by atomic mass is 10.1. The van der Waals surface area contributed by atoms with Gasteiger partial charge < -0.3 is 15.7 Å². The third-order valence-corrected chi connectivity index (χ3v) is 6.60. The first-order valence-corrected chi connectivity index (χ1v) is 12.5. The van der Waals surface area contributed by atoms with E-state index in [4.69, 9.17) is 0 Å². The standard InChI is InChI=1S/C27H30N4O6/c1-2-3-4-5-12-28-21-11-9-17(15-20(21)23(32)30-24(33)22-7-6-13-29-22)31-25(34)18-10-8-16(27(36)37)14-19(18)26(31)35/h8-11,14-15,22,28-29H,2-7,12-13H2,1H3,(H,36,37)(H,30,32,33). The maximum Gasteiger partial charge on any atom is 0.335 e. The van der Waals surface area contributed by atoms with Crippen LogP contribution in [0.25, 0.3) is 0 Å². The van der Waals surface area contributed by atoms with Crippen LogP contribution in [0.3, 0.4) is 0 Å². The Kier molecular flexibility index (Phi) is 7.98. The van der Waals surface area contributed by atoms with E-state index in [2.05, 4.69) is 22.9 Å². The first-order chi connectivity index (χ1) is 17.8. The Morgan fingerprint density at radius 3 is 2.51 bits per heavy atom. The monoisotopic (exact) mass is 506 g/mol. The molecule has 37 heavy (non-hydrogen) atoms. The average Bonchev–Trinajstić information content (AvgIpc) is 3.51. The number of rotatable bonds is 10. The fourth-order valence-corrected chi connectivity index (χ4v) is 4.57. The third kappa shape index (κ3) is 5.54. The number of nitrogens with zero attached hydrogens (tertiary/aromatic N) is 1. The molecule has 1 unspecified atom stereocenters. The van der Waals surface area contributed by atoms with Gasteiger partial charge in [-0.15, -0.1) is 0 Å². The van der Waals surface area contributed by atoms with Gasteiger partial charge in [0.15, 0.2) is 0 Å². The van der Waals surface area contributed by atoms with Crippen molar-refractivity contribution >= 4 is 41.0 Å². The molecule has 2 aromatic carbocycles. The van der Waals surface area contributed by atoms with Gasteiger partial charge in [-0.05, 0) is 62.2 Å². The molecule has 2 aromatic rings. The van der Waals surface area contributed by atoms with Crippen molar-refractivity contribution in [3.8, 4) is 0 Å². The van der Waals surface area contributed by atoms with Crippen LogP contribution in [0.5, 0.6) is 0 Å². The van der Waals surface area contributed by atoms with Gasteiger partial charge in [0.2, 0.25) is 5.91 Å². The van der Waals surface area contributed by atoms with E-state index in [9.17, 15) is 29.1 Å². The molecule has 0 bridgehead atoms. The molecule has 10 nitrogen and oxygen atoms in total. The van der Waals surface area contributed by atoms with Gasteiger partial charge in [0.25, 0.3) is 17.7 Å². The normalized spacial score (nSPS) is 16.6. The predicted molar refractivity (Wildman–Crippen MR) is 137 cm³/mol. The molecule has 2 aliphatic heterocycles. The summed E-state index contributed by atoms with van der Waals surface area (Å²) in [6.45, 7) is 3.44. The summed E-state index contributed by atoms with van der Waals surface area (Å²) in [5.41, 5.74) is 0.717. The van der Waals surface area contributed by atoms with Gasteiger partial charge in [-0.2, -0.15) is 0 Å². The Hall–Kier alpha value is -4.05. The molecule has 10 heteroatoms. The maximum atomic E-state index is 13.2. The quantitative estimate of drug-likeness (QED) is 0.284. The largest absolute Gasteiger partial charge is 0.478 e.